The van der Waals surface area contributed by atoms with Crippen molar-refractivity contribution >= 4 is 11.9 Å². The highest BCUT2D eigenvalue weighted by atomic mass is 16.7. The molecular formula is C50H75NO14. The van der Waals surface area contributed by atoms with Gasteiger partial charge in [0.05, 0.1) is 67.1 Å². The van der Waals surface area contributed by atoms with Crippen molar-refractivity contribution in [1.82, 2.24) is 5.32 Å². The van der Waals surface area contributed by atoms with Crippen molar-refractivity contribution in [3.8, 4) is 0 Å². The summed E-state index contributed by atoms with van der Waals surface area (Å²) in [5, 5.41) is 26.7. The van der Waals surface area contributed by atoms with Gasteiger partial charge in [0.15, 0.2) is 18.4 Å². The molecule has 2 bridgehead atoms. The van der Waals surface area contributed by atoms with E-state index in [0.717, 1.165) is 12.0 Å². The van der Waals surface area contributed by atoms with E-state index in [4.69, 9.17) is 47.4 Å². The van der Waals surface area contributed by atoms with E-state index in [1.165, 1.54) is 6.92 Å². The van der Waals surface area contributed by atoms with Gasteiger partial charge >= 0.3 is 5.97 Å². The lowest BCUT2D eigenvalue weighted by atomic mass is 9.72. The van der Waals surface area contributed by atoms with Crippen LogP contribution in [0.4, 0.5) is 0 Å². The number of nitrogens with one attached hydrogen (secondary N) is 1. The van der Waals surface area contributed by atoms with Crippen molar-refractivity contribution in [3.05, 3.63) is 59.3 Å². The summed E-state index contributed by atoms with van der Waals surface area (Å²) in [6, 6.07) is -0.315. The molecule has 6 aliphatic heterocycles. The van der Waals surface area contributed by atoms with Crippen LogP contribution in [0.1, 0.15) is 101 Å². The highest BCUT2D eigenvalue weighted by molar-refractivity contribution is 5.93. The van der Waals surface area contributed by atoms with Crippen LogP contribution in [0, 0.1) is 23.7 Å². The standard InChI is InChI=1S/C50H75NO14/c1-12-26(2)45-29(5)18-19-49(65-45)24-36-21-35(64-49)17-16-28(4)44(27(3)14-13-15-34-25-58-47-43(53)30(6)20-37(48(54)61-36)50(34,47)55)62-41-23-39(57-11)46(32(8)60-41)63-40-22-38(56-10)42(31(7)59-40)51-33(9)52/h13-16,18-20,26-27,29-32,35-36,38-47,53,55H,12,17,21-25H2,1-11H3,(H,51,52)/t26-,27-,29-,30+,31?,32?,35+,36-,38+,39+,40-,41-,42-,43+,44-,45+,46-,47+,49+,50+/m0/s1. The van der Waals surface area contributed by atoms with Crippen LogP contribution in [0.2, 0.25) is 0 Å². The van der Waals surface area contributed by atoms with E-state index in [9.17, 15) is 19.8 Å². The first kappa shape index (κ1) is 50.1. The minimum atomic E-state index is -1.90. The van der Waals surface area contributed by atoms with Gasteiger partial charge in [-0.1, -0.05) is 77.5 Å². The number of carbonyl (C=O) groups is 2. The van der Waals surface area contributed by atoms with Gasteiger partial charge in [-0.25, -0.2) is 4.79 Å². The second kappa shape index (κ2) is 20.8. The van der Waals surface area contributed by atoms with Crippen LogP contribution in [0.3, 0.4) is 0 Å². The maximum Gasteiger partial charge on any atom is 0.337 e. The lowest BCUT2D eigenvalue weighted by Crippen LogP contribution is -2.58. The van der Waals surface area contributed by atoms with E-state index >= 15 is 0 Å². The lowest BCUT2D eigenvalue weighted by molar-refractivity contribution is -0.311. The first-order chi connectivity index (χ1) is 30.9. The Morgan fingerprint density at radius 1 is 0.938 bits per heavy atom. The minimum absolute atomic E-state index is 0.0195. The number of hydrogen-bond donors (Lipinski definition) is 3. The van der Waals surface area contributed by atoms with Gasteiger partial charge in [-0.3, -0.25) is 4.79 Å². The Labute approximate surface area is 385 Å². The minimum Gasteiger partial charge on any atom is -0.459 e. The number of fused-ring (bicyclic) bond motifs is 2. The Morgan fingerprint density at radius 2 is 1.65 bits per heavy atom. The average molecular weight is 914 g/mol. The monoisotopic (exact) mass is 914 g/mol. The van der Waals surface area contributed by atoms with Crippen LogP contribution in [0.25, 0.3) is 0 Å². The summed E-state index contributed by atoms with van der Waals surface area (Å²) in [6.45, 7) is 17.7. The fourth-order valence-corrected chi connectivity index (χ4v) is 11.0. The van der Waals surface area contributed by atoms with Crippen LogP contribution < -0.4 is 5.32 Å². The second-order valence-electron chi connectivity index (χ2n) is 19.7. The number of rotatable bonds is 9. The van der Waals surface area contributed by atoms with E-state index in [1.807, 2.05) is 39.0 Å². The van der Waals surface area contributed by atoms with Gasteiger partial charge in [-0.15, -0.1) is 0 Å². The third kappa shape index (κ3) is 10.6. The van der Waals surface area contributed by atoms with Crippen LogP contribution in [0.15, 0.2) is 59.3 Å². The van der Waals surface area contributed by atoms with Crippen molar-refractivity contribution in [2.24, 2.45) is 23.7 Å². The molecule has 0 aromatic heterocycles. The molecule has 0 radical (unpaired) electrons. The van der Waals surface area contributed by atoms with Gasteiger partial charge in [-0.05, 0) is 50.3 Å². The Kier molecular flexibility index (Phi) is 16.0. The first-order valence-corrected chi connectivity index (χ1v) is 23.9. The molecule has 1 aliphatic carbocycles. The quantitative estimate of drug-likeness (QED) is 0.195. The highest BCUT2D eigenvalue weighted by Gasteiger charge is 2.58. The molecule has 15 heteroatoms. The summed E-state index contributed by atoms with van der Waals surface area (Å²) < 4.78 is 64.4. The maximum absolute atomic E-state index is 14.4. The van der Waals surface area contributed by atoms with Crippen LogP contribution >= 0.6 is 0 Å². The zero-order valence-electron chi connectivity index (χ0n) is 40.2. The maximum atomic E-state index is 14.4. The molecular weight excluding hydrogens is 839 g/mol. The second-order valence-corrected chi connectivity index (χ2v) is 19.7. The Balaban J connectivity index is 1.16. The number of methoxy groups -OCH3 is 2. The largest absolute Gasteiger partial charge is 0.459 e. The molecule has 1 spiro atoms. The molecule has 7 aliphatic rings. The van der Waals surface area contributed by atoms with Crippen molar-refractivity contribution in [2.75, 3.05) is 20.8 Å². The zero-order valence-corrected chi connectivity index (χ0v) is 40.2. The summed E-state index contributed by atoms with van der Waals surface area (Å²) in [5.74, 6) is -2.18. The van der Waals surface area contributed by atoms with Gasteiger partial charge in [0, 0.05) is 64.6 Å². The summed E-state index contributed by atoms with van der Waals surface area (Å²) in [7, 11) is 3.27. The third-order valence-electron chi connectivity index (χ3n) is 14.9. The predicted molar refractivity (Wildman–Crippen MR) is 239 cm³/mol. The van der Waals surface area contributed by atoms with E-state index in [1.54, 1.807) is 33.3 Å². The molecule has 7 rings (SSSR count). The molecule has 65 heavy (non-hydrogen) atoms. The summed E-state index contributed by atoms with van der Waals surface area (Å²) in [6.07, 6.45) is 9.45. The molecule has 0 saturated carbocycles. The van der Waals surface area contributed by atoms with Crippen LogP contribution in [0.5, 0.6) is 0 Å². The topological polar surface area (TPSA) is 179 Å². The molecule has 0 aromatic rings. The summed E-state index contributed by atoms with van der Waals surface area (Å²) in [4.78, 5) is 26.3. The van der Waals surface area contributed by atoms with Crippen molar-refractivity contribution < 1.29 is 67.2 Å². The smallest absolute Gasteiger partial charge is 0.337 e. The van der Waals surface area contributed by atoms with E-state index in [2.05, 4.69) is 45.2 Å². The van der Waals surface area contributed by atoms with Gasteiger partial charge in [0.25, 0.3) is 0 Å². The van der Waals surface area contributed by atoms with Gasteiger partial charge in [-0.2, -0.15) is 0 Å². The van der Waals surface area contributed by atoms with Crippen molar-refractivity contribution in [3.63, 3.8) is 0 Å². The number of aliphatic hydroxyl groups excluding tert-OH is 1. The van der Waals surface area contributed by atoms with E-state index < -0.39 is 84.7 Å². The van der Waals surface area contributed by atoms with Gasteiger partial charge in [0.1, 0.15) is 23.9 Å². The molecule has 0 aromatic carbocycles. The number of ether oxygens (including phenoxy) is 10. The Hall–Kier alpha value is -2.80. The fourth-order valence-electron chi connectivity index (χ4n) is 11.0. The Bertz CT molecular complexity index is 1850. The third-order valence-corrected chi connectivity index (χ3v) is 14.9. The molecule has 4 saturated heterocycles. The Morgan fingerprint density at radius 3 is 2.35 bits per heavy atom. The molecule has 20 atom stereocenters. The predicted octanol–water partition coefficient (Wildman–Crippen LogP) is 5.52. The molecule has 15 nitrogen and oxygen atoms in total. The molecule has 3 N–H and O–H groups in total. The number of carbonyl (C=O) groups excluding carboxylic acids is 2. The normalized spacial score (nSPS) is 45.2. The van der Waals surface area contributed by atoms with Crippen molar-refractivity contribution in [1.29, 1.82) is 0 Å². The lowest BCUT2D eigenvalue weighted by Gasteiger charge is -2.48. The van der Waals surface area contributed by atoms with Gasteiger partial charge in [0.2, 0.25) is 5.91 Å². The average Bonchev–Trinajstić information content (AvgIpc) is 3.61. The van der Waals surface area contributed by atoms with E-state index in [-0.39, 0.29) is 66.6 Å². The van der Waals surface area contributed by atoms with Gasteiger partial charge < -0.3 is 62.9 Å². The number of esters is 1. The number of aliphatic hydroxyl groups is 2. The summed E-state index contributed by atoms with van der Waals surface area (Å²) in [5.41, 5.74) is -0.444. The summed E-state index contributed by atoms with van der Waals surface area (Å²) >= 11 is 0. The molecule has 4 fully saturated rings. The number of amides is 1. The zero-order chi connectivity index (χ0) is 47.0. The molecule has 364 valence electrons. The first-order valence-electron chi connectivity index (χ1n) is 23.9. The number of allylic oxidation sites excluding steroid dienone is 2. The highest BCUT2D eigenvalue weighted by Crippen LogP contribution is 2.47. The molecule has 6 heterocycles. The van der Waals surface area contributed by atoms with Crippen LogP contribution in [-0.4, -0.2) is 140 Å². The number of hydrogen-bond acceptors (Lipinski definition) is 14. The van der Waals surface area contributed by atoms with Crippen molar-refractivity contribution in [2.45, 2.75) is 198 Å². The fraction of sp³-hybridized carbons (Fsp3) is 0.760. The molecule has 2 unspecified atom stereocenters. The van der Waals surface area contributed by atoms with E-state index in [0.29, 0.717) is 31.3 Å². The SMILES string of the molecule is CC[C@H](C)[C@H]1O[C@]2(C=C[C@@H]1C)C[C@@H]1C[C@@H](CC=C(C)[C@@H](O[C@H]3C[C@@H](OC)[C@@H](O[C@H]4C[C@@H](OC)[C@@H](NC(C)=O)C(C)O4)C(C)O3)[C@@H](C)C=CC=C3CO[C@@H]4[C@H](O)[C@H](C)C=C(C(=O)O1)[C@]34O)O2. The van der Waals surface area contributed by atoms with Crippen LogP contribution in [-0.2, 0) is 57.0 Å². The molecule has 1 amide bonds.